The van der Waals surface area contributed by atoms with Gasteiger partial charge in [0.2, 0.25) is 5.91 Å². The van der Waals surface area contributed by atoms with Crippen LogP contribution in [0.3, 0.4) is 0 Å². The van der Waals surface area contributed by atoms with Gasteiger partial charge in [0.15, 0.2) is 0 Å². The van der Waals surface area contributed by atoms with Gasteiger partial charge in [-0.05, 0) is 12.8 Å². The first-order valence-electron chi connectivity index (χ1n) is 6.87. The van der Waals surface area contributed by atoms with Gasteiger partial charge in [0.25, 0.3) is 0 Å². The summed E-state index contributed by atoms with van der Waals surface area (Å²) in [5.74, 6) is -0.164. The van der Waals surface area contributed by atoms with Crippen LogP contribution in [-0.2, 0) is 4.79 Å². The summed E-state index contributed by atoms with van der Waals surface area (Å²) in [5, 5.41) is 0. The molecule has 95 valence electrons. The second-order valence-electron chi connectivity index (χ2n) is 4.56. The molecule has 0 atom stereocenters. The minimum absolute atomic E-state index is 0.164. The number of amides is 1. The van der Waals surface area contributed by atoms with Gasteiger partial charge in [-0.2, -0.15) is 0 Å². The number of carbonyl (C=O) groups is 1. The van der Waals surface area contributed by atoms with Crippen molar-refractivity contribution >= 4 is 5.91 Å². The number of nitrogens with two attached hydrogens (primary N) is 1. The second kappa shape index (κ2) is 12.5. The fourth-order valence-electron chi connectivity index (χ4n) is 1.80. The van der Waals surface area contributed by atoms with Gasteiger partial charge in [-0.25, -0.2) is 0 Å². The number of hydrogen-bond acceptors (Lipinski definition) is 1. The standard InChI is InChI=1S/C14H28NO/c1-2-3-4-5-6-7-8-9-10-11-12-13-14(15)16/h7H,2-6,8-13H2,1H3,(H2,15,16). The zero-order valence-electron chi connectivity index (χ0n) is 10.8. The summed E-state index contributed by atoms with van der Waals surface area (Å²) in [6, 6.07) is 0. The summed E-state index contributed by atoms with van der Waals surface area (Å²) in [5.41, 5.74) is 5.07. The molecule has 0 aromatic heterocycles. The van der Waals surface area contributed by atoms with Gasteiger partial charge >= 0.3 is 0 Å². The Morgan fingerprint density at radius 3 is 2.06 bits per heavy atom. The van der Waals surface area contributed by atoms with E-state index in [0.29, 0.717) is 6.42 Å². The molecule has 1 amide bonds. The van der Waals surface area contributed by atoms with Crippen molar-refractivity contribution in [2.75, 3.05) is 0 Å². The lowest BCUT2D eigenvalue weighted by Gasteiger charge is -2.01. The molecule has 2 N–H and O–H groups in total. The van der Waals surface area contributed by atoms with Gasteiger partial charge in [-0.15, -0.1) is 0 Å². The minimum atomic E-state index is -0.164. The van der Waals surface area contributed by atoms with E-state index in [1.807, 2.05) is 0 Å². The van der Waals surface area contributed by atoms with Crippen molar-refractivity contribution in [1.29, 1.82) is 0 Å². The number of unbranched alkanes of at least 4 members (excludes halogenated alkanes) is 10. The number of rotatable bonds is 12. The molecule has 0 unspecified atom stereocenters. The molecule has 0 aliphatic heterocycles. The Labute approximate surface area is 101 Å². The molecule has 2 nitrogen and oxygen atoms in total. The summed E-state index contributed by atoms with van der Waals surface area (Å²) in [4.78, 5) is 10.5. The van der Waals surface area contributed by atoms with Crippen LogP contribution in [0.25, 0.3) is 0 Å². The Bertz CT molecular complexity index is 157. The van der Waals surface area contributed by atoms with Gasteiger partial charge in [0.05, 0.1) is 0 Å². The van der Waals surface area contributed by atoms with Crippen LogP contribution < -0.4 is 5.73 Å². The minimum Gasteiger partial charge on any atom is -0.370 e. The summed E-state index contributed by atoms with van der Waals surface area (Å²) in [7, 11) is 0. The van der Waals surface area contributed by atoms with Crippen LogP contribution in [0.1, 0.15) is 77.6 Å². The highest BCUT2D eigenvalue weighted by molar-refractivity contribution is 5.73. The molecular formula is C14H28NO. The lowest BCUT2D eigenvalue weighted by Crippen LogP contribution is -2.09. The van der Waals surface area contributed by atoms with E-state index in [9.17, 15) is 4.79 Å². The first-order valence-corrected chi connectivity index (χ1v) is 6.87. The van der Waals surface area contributed by atoms with E-state index in [-0.39, 0.29) is 5.91 Å². The van der Waals surface area contributed by atoms with Crippen LogP contribution in [0.4, 0.5) is 0 Å². The van der Waals surface area contributed by atoms with Crippen molar-refractivity contribution in [2.45, 2.75) is 77.6 Å². The molecule has 0 aromatic rings. The predicted molar refractivity (Wildman–Crippen MR) is 70.0 cm³/mol. The van der Waals surface area contributed by atoms with E-state index in [1.54, 1.807) is 0 Å². The molecule has 0 aliphatic rings. The predicted octanol–water partition coefficient (Wildman–Crippen LogP) is 3.99. The van der Waals surface area contributed by atoms with Crippen LogP contribution in [0.2, 0.25) is 0 Å². The molecule has 0 spiro atoms. The van der Waals surface area contributed by atoms with Crippen molar-refractivity contribution in [1.82, 2.24) is 0 Å². The Kier molecular flexibility index (Phi) is 12.1. The van der Waals surface area contributed by atoms with Crippen molar-refractivity contribution < 1.29 is 4.79 Å². The molecule has 0 fully saturated rings. The Balaban J connectivity index is 2.90. The van der Waals surface area contributed by atoms with Gasteiger partial charge in [0, 0.05) is 6.42 Å². The maximum absolute atomic E-state index is 10.5. The van der Waals surface area contributed by atoms with E-state index in [2.05, 4.69) is 13.3 Å². The van der Waals surface area contributed by atoms with E-state index in [1.165, 1.54) is 51.4 Å². The monoisotopic (exact) mass is 226 g/mol. The largest absolute Gasteiger partial charge is 0.370 e. The van der Waals surface area contributed by atoms with E-state index >= 15 is 0 Å². The molecule has 0 aromatic carbocycles. The fraction of sp³-hybridized carbons (Fsp3) is 0.857. The third-order valence-electron chi connectivity index (χ3n) is 2.84. The second-order valence-corrected chi connectivity index (χ2v) is 4.56. The fourth-order valence-corrected chi connectivity index (χ4v) is 1.80. The Morgan fingerprint density at radius 1 is 0.938 bits per heavy atom. The molecule has 0 aliphatic carbocycles. The maximum atomic E-state index is 10.5. The third-order valence-corrected chi connectivity index (χ3v) is 2.84. The van der Waals surface area contributed by atoms with Crippen molar-refractivity contribution in [3.8, 4) is 0 Å². The Hall–Kier alpha value is -0.530. The number of primary amides is 1. The third kappa shape index (κ3) is 13.5. The lowest BCUT2D eigenvalue weighted by atomic mass is 10.1. The number of hydrogen-bond donors (Lipinski definition) is 1. The zero-order valence-corrected chi connectivity index (χ0v) is 10.8. The van der Waals surface area contributed by atoms with Crippen LogP contribution in [0.15, 0.2) is 0 Å². The molecule has 0 saturated carbocycles. The highest BCUT2D eigenvalue weighted by atomic mass is 16.1. The molecule has 0 bridgehead atoms. The highest BCUT2D eigenvalue weighted by Crippen LogP contribution is 2.10. The summed E-state index contributed by atoms with van der Waals surface area (Å²) < 4.78 is 0. The summed E-state index contributed by atoms with van der Waals surface area (Å²) in [6.45, 7) is 2.25. The molecule has 16 heavy (non-hydrogen) atoms. The van der Waals surface area contributed by atoms with Gasteiger partial charge in [-0.1, -0.05) is 64.7 Å². The quantitative estimate of drug-likeness (QED) is 0.502. The van der Waals surface area contributed by atoms with Gasteiger partial charge in [0.1, 0.15) is 0 Å². The molecule has 0 heterocycles. The topological polar surface area (TPSA) is 43.1 Å². The summed E-state index contributed by atoms with van der Waals surface area (Å²) in [6.07, 6.45) is 15.5. The zero-order chi connectivity index (χ0) is 12.1. The molecule has 0 saturated heterocycles. The van der Waals surface area contributed by atoms with Crippen molar-refractivity contribution in [3.05, 3.63) is 6.42 Å². The average Bonchev–Trinajstić information content (AvgIpc) is 2.25. The van der Waals surface area contributed by atoms with Gasteiger partial charge in [-0.3, -0.25) is 4.79 Å². The van der Waals surface area contributed by atoms with Crippen molar-refractivity contribution in [2.24, 2.45) is 5.73 Å². The molecule has 1 radical (unpaired) electrons. The number of carbonyl (C=O) groups excluding carboxylic acids is 1. The van der Waals surface area contributed by atoms with E-state index < -0.39 is 0 Å². The Morgan fingerprint density at radius 2 is 1.50 bits per heavy atom. The maximum Gasteiger partial charge on any atom is 0.217 e. The van der Waals surface area contributed by atoms with Crippen LogP contribution in [0, 0.1) is 6.42 Å². The normalized spacial score (nSPS) is 10.6. The van der Waals surface area contributed by atoms with Crippen LogP contribution in [0.5, 0.6) is 0 Å². The molecule has 0 rings (SSSR count). The van der Waals surface area contributed by atoms with Crippen LogP contribution in [-0.4, -0.2) is 5.91 Å². The SMILES string of the molecule is CCCCCC[CH]CCCCCCC(N)=O. The smallest absolute Gasteiger partial charge is 0.217 e. The average molecular weight is 226 g/mol. The summed E-state index contributed by atoms with van der Waals surface area (Å²) >= 11 is 0. The van der Waals surface area contributed by atoms with Crippen LogP contribution >= 0.6 is 0 Å². The molecular weight excluding hydrogens is 198 g/mol. The first kappa shape index (κ1) is 15.5. The van der Waals surface area contributed by atoms with Crippen molar-refractivity contribution in [3.63, 3.8) is 0 Å². The lowest BCUT2D eigenvalue weighted by molar-refractivity contribution is -0.118. The van der Waals surface area contributed by atoms with Gasteiger partial charge < -0.3 is 5.73 Å². The molecule has 2 heteroatoms. The highest BCUT2D eigenvalue weighted by Gasteiger charge is 1.95. The van der Waals surface area contributed by atoms with E-state index in [4.69, 9.17) is 5.73 Å². The first-order chi connectivity index (χ1) is 7.77. The van der Waals surface area contributed by atoms with E-state index in [0.717, 1.165) is 12.8 Å².